The first-order valence-corrected chi connectivity index (χ1v) is 6.18. The number of benzene rings is 1. The van der Waals surface area contributed by atoms with Gasteiger partial charge in [-0.25, -0.2) is 0 Å². The third kappa shape index (κ3) is 5.20. The van der Waals surface area contributed by atoms with Gasteiger partial charge in [0, 0.05) is 19.3 Å². The average Bonchev–Trinajstić information content (AvgIpc) is 2.38. The largest absolute Gasteiger partial charge is 0.497 e. The van der Waals surface area contributed by atoms with Crippen molar-refractivity contribution in [2.75, 3.05) is 27.4 Å². The Balaban J connectivity index is 2.48. The number of methoxy groups -OCH3 is 1. The fraction of sp³-hybridized carbons (Fsp3) is 0.571. The van der Waals surface area contributed by atoms with Crippen molar-refractivity contribution in [3.05, 3.63) is 29.8 Å². The summed E-state index contributed by atoms with van der Waals surface area (Å²) in [4.78, 5) is 0. The van der Waals surface area contributed by atoms with Gasteiger partial charge in [-0.3, -0.25) is 0 Å². The summed E-state index contributed by atoms with van der Waals surface area (Å²) < 4.78 is 10.6. The van der Waals surface area contributed by atoms with Gasteiger partial charge in [-0.15, -0.1) is 0 Å². The Kier molecular flexibility index (Phi) is 6.67. The van der Waals surface area contributed by atoms with E-state index in [9.17, 15) is 0 Å². The Hall–Kier alpha value is -1.06. The number of hydrogen-bond acceptors (Lipinski definition) is 3. The van der Waals surface area contributed by atoms with E-state index in [0.717, 1.165) is 31.8 Å². The molecule has 0 fully saturated rings. The summed E-state index contributed by atoms with van der Waals surface area (Å²) in [6, 6.07) is 8.67. The lowest BCUT2D eigenvalue weighted by Crippen LogP contribution is -2.29. The summed E-state index contributed by atoms with van der Waals surface area (Å²) >= 11 is 0. The minimum absolute atomic E-state index is 0.452. The molecule has 0 amide bonds. The highest BCUT2D eigenvalue weighted by Gasteiger charge is 2.07. The van der Waals surface area contributed by atoms with Crippen LogP contribution in [0.15, 0.2) is 24.3 Å². The second-order valence-corrected chi connectivity index (χ2v) is 4.03. The molecule has 1 rings (SSSR count). The predicted octanol–water partition coefficient (Wildman–Crippen LogP) is 2.25. The van der Waals surface area contributed by atoms with Gasteiger partial charge in [0.2, 0.25) is 0 Å². The molecular formula is C14H23NO2. The van der Waals surface area contributed by atoms with Crippen LogP contribution in [0.25, 0.3) is 0 Å². The van der Waals surface area contributed by atoms with Gasteiger partial charge in [0.05, 0.1) is 7.11 Å². The predicted molar refractivity (Wildman–Crippen MR) is 70.7 cm³/mol. The van der Waals surface area contributed by atoms with Crippen LogP contribution in [0.5, 0.6) is 5.75 Å². The highest BCUT2D eigenvalue weighted by molar-refractivity contribution is 5.28. The van der Waals surface area contributed by atoms with Crippen molar-refractivity contribution in [2.24, 2.45) is 0 Å². The first-order valence-electron chi connectivity index (χ1n) is 6.18. The van der Waals surface area contributed by atoms with Crippen LogP contribution in [0.1, 0.15) is 18.9 Å². The molecule has 3 nitrogen and oxygen atoms in total. The summed E-state index contributed by atoms with van der Waals surface area (Å²) in [6.07, 6.45) is 2.03. The Bertz CT molecular complexity index is 315. The lowest BCUT2D eigenvalue weighted by molar-refractivity contribution is 0.137. The van der Waals surface area contributed by atoms with Crippen molar-refractivity contribution in [1.29, 1.82) is 0 Å². The van der Waals surface area contributed by atoms with E-state index >= 15 is 0 Å². The number of ether oxygens (including phenoxy) is 2. The molecule has 1 aromatic rings. The molecular weight excluding hydrogens is 214 g/mol. The molecule has 0 radical (unpaired) electrons. The standard InChI is InChI=1S/C14H23NO2/c1-4-17-9-8-13(15-2)10-12-6-5-7-14(11-12)16-3/h5-7,11,13,15H,4,8-10H2,1-3H3. The number of rotatable bonds is 8. The molecule has 1 aromatic carbocycles. The van der Waals surface area contributed by atoms with Crippen molar-refractivity contribution in [3.63, 3.8) is 0 Å². The van der Waals surface area contributed by atoms with Crippen molar-refractivity contribution in [2.45, 2.75) is 25.8 Å². The molecule has 0 spiro atoms. The van der Waals surface area contributed by atoms with Gasteiger partial charge >= 0.3 is 0 Å². The van der Waals surface area contributed by atoms with Crippen LogP contribution in [-0.2, 0) is 11.2 Å². The van der Waals surface area contributed by atoms with Gasteiger partial charge in [0.1, 0.15) is 5.75 Å². The van der Waals surface area contributed by atoms with Gasteiger partial charge in [0.25, 0.3) is 0 Å². The average molecular weight is 237 g/mol. The molecule has 0 saturated carbocycles. The third-order valence-corrected chi connectivity index (χ3v) is 2.84. The zero-order valence-electron chi connectivity index (χ0n) is 11.0. The Labute approximate surface area is 104 Å². The Morgan fingerprint density at radius 1 is 1.35 bits per heavy atom. The lowest BCUT2D eigenvalue weighted by atomic mass is 10.0. The van der Waals surface area contributed by atoms with Crippen molar-refractivity contribution in [1.82, 2.24) is 5.32 Å². The SMILES string of the molecule is CCOCCC(Cc1cccc(OC)c1)NC. The highest BCUT2D eigenvalue weighted by atomic mass is 16.5. The minimum Gasteiger partial charge on any atom is -0.497 e. The monoisotopic (exact) mass is 237 g/mol. The second kappa shape index (κ2) is 8.09. The molecule has 0 aliphatic carbocycles. The van der Waals surface area contributed by atoms with Crippen LogP contribution in [0.3, 0.4) is 0 Å². The van der Waals surface area contributed by atoms with Crippen LogP contribution in [-0.4, -0.2) is 33.4 Å². The second-order valence-electron chi connectivity index (χ2n) is 4.03. The Morgan fingerprint density at radius 3 is 2.82 bits per heavy atom. The third-order valence-electron chi connectivity index (χ3n) is 2.84. The number of nitrogens with one attached hydrogen (secondary N) is 1. The summed E-state index contributed by atoms with van der Waals surface area (Å²) in [5.74, 6) is 0.919. The molecule has 0 aromatic heterocycles. The molecule has 0 heterocycles. The maximum Gasteiger partial charge on any atom is 0.119 e. The highest BCUT2D eigenvalue weighted by Crippen LogP contribution is 2.14. The van der Waals surface area contributed by atoms with Gasteiger partial charge in [0.15, 0.2) is 0 Å². The molecule has 17 heavy (non-hydrogen) atoms. The van der Waals surface area contributed by atoms with Crippen LogP contribution >= 0.6 is 0 Å². The number of hydrogen-bond donors (Lipinski definition) is 1. The number of likely N-dealkylation sites (N-methyl/N-ethyl adjacent to an activating group) is 1. The topological polar surface area (TPSA) is 30.5 Å². The molecule has 96 valence electrons. The zero-order valence-corrected chi connectivity index (χ0v) is 11.0. The van der Waals surface area contributed by atoms with Gasteiger partial charge < -0.3 is 14.8 Å². The fourth-order valence-electron chi connectivity index (χ4n) is 1.80. The van der Waals surface area contributed by atoms with Gasteiger partial charge in [-0.2, -0.15) is 0 Å². The minimum atomic E-state index is 0.452. The van der Waals surface area contributed by atoms with Gasteiger partial charge in [-0.05, 0) is 44.5 Å². The summed E-state index contributed by atoms with van der Waals surface area (Å²) in [7, 11) is 3.69. The Morgan fingerprint density at radius 2 is 2.18 bits per heavy atom. The van der Waals surface area contributed by atoms with E-state index in [1.54, 1.807) is 7.11 Å². The van der Waals surface area contributed by atoms with E-state index < -0.39 is 0 Å². The summed E-state index contributed by atoms with van der Waals surface area (Å²) in [5, 5.41) is 3.33. The van der Waals surface area contributed by atoms with E-state index in [2.05, 4.69) is 17.4 Å². The maximum absolute atomic E-state index is 5.38. The van der Waals surface area contributed by atoms with Crippen molar-refractivity contribution >= 4 is 0 Å². The van der Waals surface area contributed by atoms with E-state index in [0.29, 0.717) is 6.04 Å². The van der Waals surface area contributed by atoms with E-state index in [-0.39, 0.29) is 0 Å². The quantitative estimate of drug-likeness (QED) is 0.703. The van der Waals surface area contributed by atoms with Gasteiger partial charge in [-0.1, -0.05) is 12.1 Å². The molecule has 0 aliphatic heterocycles. The fourth-order valence-corrected chi connectivity index (χ4v) is 1.80. The summed E-state index contributed by atoms with van der Waals surface area (Å²) in [6.45, 7) is 3.62. The first-order chi connectivity index (χ1) is 8.30. The zero-order chi connectivity index (χ0) is 12.5. The van der Waals surface area contributed by atoms with Crippen LogP contribution < -0.4 is 10.1 Å². The smallest absolute Gasteiger partial charge is 0.119 e. The van der Waals surface area contributed by atoms with E-state index in [1.165, 1.54) is 5.56 Å². The maximum atomic E-state index is 5.38. The van der Waals surface area contributed by atoms with Crippen LogP contribution in [0.4, 0.5) is 0 Å². The summed E-state index contributed by atoms with van der Waals surface area (Å²) in [5.41, 5.74) is 1.29. The van der Waals surface area contributed by atoms with Crippen LogP contribution in [0, 0.1) is 0 Å². The van der Waals surface area contributed by atoms with E-state index in [1.807, 2.05) is 26.1 Å². The van der Waals surface area contributed by atoms with E-state index in [4.69, 9.17) is 9.47 Å². The molecule has 0 bridgehead atoms. The van der Waals surface area contributed by atoms with Crippen molar-refractivity contribution < 1.29 is 9.47 Å². The normalized spacial score (nSPS) is 12.4. The molecule has 1 unspecified atom stereocenters. The molecule has 0 saturated heterocycles. The first kappa shape index (κ1) is 14.0. The molecule has 1 atom stereocenters. The van der Waals surface area contributed by atoms with Crippen molar-refractivity contribution in [3.8, 4) is 5.75 Å². The molecule has 1 N–H and O–H groups in total. The molecule has 0 aliphatic rings. The van der Waals surface area contributed by atoms with Crippen LogP contribution in [0.2, 0.25) is 0 Å². The lowest BCUT2D eigenvalue weighted by Gasteiger charge is -2.16. The molecule has 3 heteroatoms.